The van der Waals surface area contributed by atoms with E-state index >= 15 is 0 Å². The van der Waals surface area contributed by atoms with E-state index in [1.807, 2.05) is 13.8 Å². The number of aliphatic hydroxyl groups excluding tert-OH is 1. The lowest BCUT2D eigenvalue weighted by molar-refractivity contribution is -0.122. The molecule has 1 amide bonds. The van der Waals surface area contributed by atoms with Crippen molar-refractivity contribution in [1.82, 2.24) is 10.6 Å². The Labute approximate surface area is 96.6 Å². The highest BCUT2D eigenvalue weighted by molar-refractivity contribution is 5.75. The molecule has 0 spiro atoms. The molecule has 2 unspecified atom stereocenters. The van der Waals surface area contributed by atoms with Crippen molar-refractivity contribution in [2.45, 2.75) is 32.5 Å². The molecule has 0 radical (unpaired) electrons. The first-order chi connectivity index (χ1) is 7.59. The zero-order valence-corrected chi connectivity index (χ0v) is 10.0. The Hall–Kier alpha value is -0.650. The van der Waals surface area contributed by atoms with E-state index in [1.54, 1.807) is 0 Å². The Morgan fingerprint density at radius 2 is 2.31 bits per heavy atom. The van der Waals surface area contributed by atoms with E-state index in [0.717, 1.165) is 6.54 Å². The molecule has 16 heavy (non-hydrogen) atoms. The van der Waals surface area contributed by atoms with Gasteiger partial charge in [0.2, 0.25) is 5.91 Å². The first kappa shape index (κ1) is 13.4. The minimum absolute atomic E-state index is 0.0141. The maximum absolute atomic E-state index is 11.4. The Bertz CT molecular complexity index is 221. The van der Waals surface area contributed by atoms with Gasteiger partial charge in [-0.1, -0.05) is 0 Å². The number of carbonyl (C=O) groups is 1. The average Bonchev–Trinajstić information content (AvgIpc) is 2.60. The SMILES string of the molecule is CC(C)OCCC(=O)NCC1CNCC1O. The monoisotopic (exact) mass is 230 g/mol. The minimum atomic E-state index is -0.341. The van der Waals surface area contributed by atoms with Crippen LogP contribution in [0.5, 0.6) is 0 Å². The summed E-state index contributed by atoms with van der Waals surface area (Å²) in [5.74, 6) is 0.120. The fraction of sp³-hybridized carbons (Fsp3) is 0.909. The molecule has 0 bridgehead atoms. The van der Waals surface area contributed by atoms with Gasteiger partial charge in [0.1, 0.15) is 0 Å². The van der Waals surface area contributed by atoms with Crippen LogP contribution in [0.4, 0.5) is 0 Å². The van der Waals surface area contributed by atoms with Gasteiger partial charge in [-0.3, -0.25) is 4.79 Å². The summed E-state index contributed by atoms with van der Waals surface area (Å²) >= 11 is 0. The van der Waals surface area contributed by atoms with Crippen molar-refractivity contribution >= 4 is 5.91 Å². The van der Waals surface area contributed by atoms with Crippen molar-refractivity contribution in [3.63, 3.8) is 0 Å². The smallest absolute Gasteiger partial charge is 0.222 e. The van der Waals surface area contributed by atoms with Crippen LogP contribution < -0.4 is 10.6 Å². The highest BCUT2D eigenvalue weighted by Crippen LogP contribution is 2.06. The van der Waals surface area contributed by atoms with Crippen LogP contribution in [0.15, 0.2) is 0 Å². The summed E-state index contributed by atoms with van der Waals surface area (Å²) in [6.07, 6.45) is 0.204. The second-order valence-corrected chi connectivity index (χ2v) is 4.46. The Morgan fingerprint density at radius 1 is 1.56 bits per heavy atom. The molecule has 2 atom stereocenters. The third kappa shape index (κ3) is 4.92. The summed E-state index contributed by atoms with van der Waals surface area (Å²) in [5, 5.41) is 15.4. The molecule has 1 saturated heterocycles. The maximum atomic E-state index is 11.4. The number of hydrogen-bond acceptors (Lipinski definition) is 4. The van der Waals surface area contributed by atoms with Crippen LogP contribution in [0, 0.1) is 5.92 Å². The molecule has 1 fully saturated rings. The molecule has 1 rings (SSSR count). The number of amides is 1. The number of ether oxygens (including phenoxy) is 1. The molecule has 94 valence electrons. The second-order valence-electron chi connectivity index (χ2n) is 4.46. The number of β-amino-alcohol motifs (C(OH)–C–C–N with tert-alkyl or cyclic N) is 1. The Balaban J connectivity index is 2.05. The standard InChI is InChI=1S/C11H22N2O3/c1-8(2)16-4-3-11(15)13-6-9-5-12-7-10(9)14/h8-10,12,14H,3-7H2,1-2H3,(H,13,15). The summed E-state index contributed by atoms with van der Waals surface area (Å²) in [5.41, 5.74) is 0. The molecule has 0 saturated carbocycles. The molecule has 3 N–H and O–H groups in total. The van der Waals surface area contributed by atoms with Crippen LogP contribution in [0.25, 0.3) is 0 Å². The normalized spacial score (nSPS) is 25.0. The lowest BCUT2D eigenvalue weighted by Crippen LogP contribution is -2.34. The summed E-state index contributed by atoms with van der Waals surface area (Å²) < 4.78 is 5.28. The summed E-state index contributed by atoms with van der Waals surface area (Å²) in [4.78, 5) is 11.4. The number of carbonyl (C=O) groups excluding carboxylic acids is 1. The molecule has 1 aliphatic rings. The van der Waals surface area contributed by atoms with Crippen LogP contribution in [0.1, 0.15) is 20.3 Å². The Kier molecular flexibility index (Phi) is 5.73. The summed E-state index contributed by atoms with van der Waals surface area (Å²) in [7, 11) is 0. The minimum Gasteiger partial charge on any atom is -0.391 e. The number of aliphatic hydroxyl groups is 1. The first-order valence-corrected chi connectivity index (χ1v) is 5.86. The van der Waals surface area contributed by atoms with Gasteiger partial charge >= 0.3 is 0 Å². The van der Waals surface area contributed by atoms with Crippen molar-refractivity contribution in [3.05, 3.63) is 0 Å². The summed E-state index contributed by atoms with van der Waals surface area (Å²) in [6, 6.07) is 0. The van der Waals surface area contributed by atoms with E-state index in [1.165, 1.54) is 0 Å². The van der Waals surface area contributed by atoms with Crippen LogP contribution in [0.3, 0.4) is 0 Å². The average molecular weight is 230 g/mol. The van der Waals surface area contributed by atoms with Crippen molar-refractivity contribution in [1.29, 1.82) is 0 Å². The lowest BCUT2D eigenvalue weighted by atomic mass is 10.1. The maximum Gasteiger partial charge on any atom is 0.222 e. The van der Waals surface area contributed by atoms with Gasteiger partial charge in [-0.05, 0) is 13.8 Å². The third-order valence-corrected chi connectivity index (χ3v) is 2.65. The van der Waals surface area contributed by atoms with E-state index in [0.29, 0.717) is 26.1 Å². The van der Waals surface area contributed by atoms with Crippen molar-refractivity contribution in [2.75, 3.05) is 26.2 Å². The fourth-order valence-electron chi connectivity index (χ4n) is 1.65. The Morgan fingerprint density at radius 3 is 2.88 bits per heavy atom. The first-order valence-electron chi connectivity index (χ1n) is 5.86. The van der Waals surface area contributed by atoms with Crippen LogP contribution in [-0.4, -0.2) is 49.5 Å². The van der Waals surface area contributed by atoms with Crippen molar-refractivity contribution < 1.29 is 14.6 Å². The lowest BCUT2D eigenvalue weighted by Gasteiger charge is -2.14. The van der Waals surface area contributed by atoms with Gasteiger partial charge < -0.3 is 20.5 Å². The van der Waals surface area contributed by atoms with E-state index < -0.39 is 0 Å². The molecule has 0 aromatic rings. The van der Waals surface area contributed by atoms with Crippen LogP contribution in [0.2, 0.25) is 0 Å². The molecule has 0 aliphatic carbocycles. The van der Waals surface area contributed by atoms with Gasteiger partial charge in [-0.25, -0.2) is 0 Å². The molecule has 1 aliphatic heterocycles. The highest BCUT2D eigenvalue weighted by atomic mass is 16.5. The molecule has 0 aromatic heterocycles. The number of rotatable bonds is 6. The van der Waals surface area contributed by atoms with Crippen LogP contribution >= 0.6 is 0 Å². The van der Waals surface area contributed by atoms with Gasteiger partial charge in [0, 0.05) is 32.0 Å². The topological polar surface area (TPSA) is 70.6 Å². The molecule has 0 aromatic carbocycles. The second kappa shape index (κ2) is 6.83. The zero-order valence-electron chi connectivity index (χ0n) is 10.0. The predicted molar refractivity (Wildman–Crippen MR) is 61.1 cm³/mol. The van der Waals surface area contributed by atoms with Gasteiger partial charge in [-0.2, -0.15) is 0 Å². The predicted octanol–water partition coefficient (Wildman–Crippen LogP) is -0.502. The molecule has 5 nitrogen and oxygen atoms in total. The highest BCUT2D eigenvalue weighted by Gasteiger charge is 2.24. The molecule has 1 heterocycles. The molecule has 5 heteroatoms. The zero-order chi connectivity index (χ0) is 12.0. The van der Waals surface area contributed by atoms with Gasteiger partial charge in [0.15, 0.2) is 0 Å². The third-order valence-electron chi connectivity index (χ3n) is 2.65. The van der Waals surface area contributed by atoms with Gasteiger partial charge in [-0.15, -0.1) is 0 Å². The van der Waals surface area contributed by atoms with E-state index in [4.69, 9.17) is 4.74 Å². The fourth-order valence-corrected chi connectivity index (χ4v) is 1.65. The largest absolute Gasteiger partial charge is 0.391 e. The van der Waals surface area contributed by atoms with Crippen LogP contribution in [-0.2, 0) is 9.53 Å². The van der Waals surface area contributed by atoms with Gasteiger partial charge in [0.05, 0.1) is 18.8 Å². The number of hydrogen-bond donors (Lipinski definition) is 3. The number of nitrogens with one attached hydrogen (secondary N) is 2. The van der Waals surface area contributed by atoms with E-state index in [2.05, 4.69) is 10.6 Å². The van der Waals surface area contributed by atoms with E-state index in [9.17, 15) is 9.90 Å². The van der Waals surface area contributed by atoms with Crippen molar-refractivity contribution in [3.8, 4) is 0 Å². The molecular formula is C11H22N2O3. The van der Waals surface area contributed by atoms with Gasteiger partial charge in [0.25, 0.3) is 0 Å². The molecular weight excluding hydrogens is 208 g/mol. The quantitative estimate of drug-likeness (QED) is 0.575. The van der Waals surface area contributed by atoms with Crippen molar-refractivity contribution in [2.24, 2.45) is 5.92 Å². The summed E-state index contributed by atoms with van der Waals surface area (Å²) in [6.45, 7) is 6.27. The van der Waals surface area contributed by atoms with E-state index in [-0.39, 0.29) is 24.0 Å².